The minimum absolute atomic E-state index is 0.758. The molecule has 1 spiro atoms. The van der Waals surface area contributed by atoms with Crippen molar-refractivity contribution in [3.8, 4) is 0 Å². The Morgan fingerprint density at radius 3 is 2.71 bits per heavy atom. The summed E-state index contributed by atoms with van der Waals surface area (Å²) in [5, 5.41) is 3.52. The van der Waals surface area contributed by atoms with Gasteiger partial charge in [0.15, 0.2) is 0 Å². The molecule has 0 aromatic heterocycles. The minimum Gasteiger partial charge on any atom is -0.317 e. The van der Waals surface area contributed by atoms with E-state index in [1.807, 2.05) is 0 Å². The molecule has 2 heteroatoms. The molecule has 2 nitrogen and oxygen atoms in total. The zero-order valence-corrected chi connectivity index (χ0v) is 11.4. The van der Waals surface area contributed by atoms with Crippen molar-refractivity contribution in [2.75, 3.05) is 26.7 Å². The molecule has 1 N–H and O–H groups in total. The maximum Gasteiger partial charge on any atom is 0.0104 e. The van der Waals surface area contributed by atoms with Gasteiger partial charge in [0.2, 0.25) is 0 Å². The molecule has 1 saturated heterocycles. The fourth-order valence-electron chi connectivity index (χ4n) is 4.68. The molecule has 3 aliphatic rings. The zero-order valence-electron chi connectivity index (χ0n) is 11.4. The van der Waals surface area contributed by atoms with Gasteiger partial charge in [-0.3, -0.25) is 0 Å². The third-order valence-corrected chi connectivity index (χ3v) is 5.70. The summed E-state index contributed by atoms with van der Waals surface area (Å²) >= 11 is 0. The van der Waals surface area contributed by atoms with Crippen molar-refractivity contribution in [1.82, 2.24) is 10.2 Å². The first-order valence-electron chi connectivity index (χ1n) is 7.71. The summed E-state index contributed by atoms with van der Waals surface area (Å²) in [7, 11) is 2.14. The lowest BCUT2D eigenvalue weighted by atomic mass is 9.86. The molecule has 0 aromatic carbocycles. The van der Waals surface area contributed by atoms with Crippen molar-refractivity contribution >= 4 is 0 Å². The number of nitrogens with one attached hydrogen (secondary N) is 1. The van der Waals surface area contributed by atoms with Crippen molar-refractivity contribution in [3.63, 3.8) is 0 Å². The van der Waals surface area contributed by atoms with Gasteiger partial charge >= 0.3 is 0 Å². The molecular formula is C15H28N2. The Morgan fingerprint density at radius 1 is 1.12 bits per heavy atom. The van der Waals surface area contributed by atoms with E-state index in [9.17, 15) is 0 Å². The molecule has 3 fully saturated rings. The summed E-state index contributed by atoms with van der Waals surface area (Å²) in [6, 6.07) is 0.801. The summed E-state index contributed by atoms with van der Waals surface area (Å²) in [6.45, 7) is 4.17. The molecule has 3 rings (SSSR count). The van der Waals surface area contributed by atoms with Gasteiger partial charge in [-0.25, -0.2) is 0 Å². The standard InChI is InChI=1S/C15H28N2/c1-16-14-6-4-5-13(14)11-17-10-9-15(12-17)7-2-3-8-15/h13-14,16H,2-12H2,1H3. The monoisotopic (exact) mass is 236 g/mol. The fourth-order valence-corrected chi connectivity index (χ4v) is 4.68. The number of likely N-dealkylation sites (tertiary alicyclic amines) is 1. The van der Waals surface area contributed by atoms with E-state index in [1.54, 1.807) is 0 Å². The van der Waals surface area contributed by atoms with Gasteiger partial charge in [-0.05, 0) is 57.0 Å². The fraction of sp³-hybridized carbons (Fsp3) is 1.00. The smallest absolute Gasteiger partial charge is 0.0104 e. The average Bonchev–Trinajstić information content (AvgIpc) is 3.03. The van der Waals surface area contributed by atoms with E-state index in [-0.39, 0.29) is 0 Å². The molecule has 0 radical (unpaired) electrons. The molecule has 2 unspecified atom stereocenters. The predicted molar refractivity (Wildman–Crippen MR) is 72.1 cm³/mol. The van der Waals surface area contributed by atoms with Crippen LogP contribution in [0.15, 0.2) is 0 Å². The number of rotatable bonds is 3. The summed E-state index contributed by atoms with van der Waals surface area (Å²) in [5.74, 6) is 0.927. The average molecular weight is 236 g/mol. The molecule has 2 aliphatic carbocycles. The lowest BCUT2D eigenvalue weighted by molar-refractivity contribution is 0.220. The maximum absolute atomic E-state index is 3.52. The molecule has 98 valence electrons. The Balaban J connectivity index is 1.53. The van der Waals surface area contributed by atoms with Crippen molar-refractivity contribution in [1.29, 1.82) is 0 Å². The van der Waals surface area contributed by atoms with E-state index < -0.39 is 0 Å². The Labute approximate surface area is 106 Å². The topological polar surface area (TPSA) is 15.3 Å². The first kappa shape index (κ1) is 12.0. The third-order valence-electron chi connectivity index (χ3n) is 5.70. The van der Waals surface area contributed by atoms with Crippen LogP contribution in [0.5, 0.6) is 0 Å². The van der Waals surface area contributed by atoms with Crippen LogP contribution in [0, 0.1) is 11.3 Å². The van der Waals surface area contributed by atoms with Gasteiger partial charge in [-0.15, -0.1) is 0 Å². The van der Waals surface area contributed by atoms with Crippen molar-refractivity contribution in [2.24, 2.45) is 11.3 Å². The number of nitrogens with zero attached hydrogens (tertiary/aromatic N) is 1. The second kappa shape index (κ2) is 4.89. The molecule has 2 atom stereocenters. The van der Waals surface area contributed by atoms with Gasteiger partial charge in [0.25, 0.3) is 0 Å². The van der Waals surface area contributed by atoms with Crippen molar-refractivity contribution < 1.29 is 0 Å². The largest absolute Gasteiger partial charge is 0.317 e. The van der Waals surface area contributed by atoms with Crippen LogP contribution in [0.2, 0.25) is 0 Å². The highest BCUT2D eigenvalue weighted by Gasteiger charge is 2.41. The van der Waals surface area contributed by atoms with Crippen LogP contribution in [-0.2, 0) is 0 Å². The highest BCUT2D eigenvalue weighted by atomic mass is 15.2. The first-order valence-corrected chi connectivity index (χ1v) is 7.71. The molecular weight excluding hydrogens is 208 g/mol. The third kappa shape index (κ3) is 2.39. The Morgan fingerprint density at radius 2 is 1.94 bits per heavy atom. The van der Waals surface area contributed by atoms with Gasteiger partial charge in [0.1, 0.15) is 0 Å². The maximum atomic E-state index is 3.52. The lowest BCUT2D eigenvalue weighted by Gasteiger charge is -2.27. The van der Waals surface area contributed by atoms with Gasteiger partial charge in [-0.1, -0.05) is 19.3 Å². The second-order valence-corrected chi connectivity index (χ2v) is 6.78. The van der Waals surface area contributed by atoms with Crippen LogP contribution in [0.3, 0.4) is 0 Å². The predicted octanol–water partition coefficient (Wildman–Crippen LogP) is 2.64. The van der Waals surface area contributed by atoms with Crippen LogP contribution in [0.4, 0.5) is 0 Å². The highest BCUT2D eigenvalue weighted by Crippen LogP contribution is 2.45. The molecule has 1 heterocycles. The van der Waals surface area contributed by atoms with Crippen LogP contribution >= 0.6 is 0 Å². The molecule has 0 amide bonds. The van der Waals surface area contributed by atoms with Crippen LogP contribution in [0.1, 0.15) is 51.4 Å². The first-order chi connectivity index (χ1) is 8.31. The minimum atomic E-state index is 0.758. The zero-order chi connectivity index (χ0) is 11.7. The number of hydrogen-bond acceptors (Lipinski definition) is 2. The molecule has 2 saturated carbocycles. The van der Waals surface area contributed by atoms with E-state index in [1.165, 1.54) is 71.0 Å². The van der Waals surface area contributed by atoms with Crippen LogP contribution in [-0.4, -0.2) is 37.6 Å². The van der Waals surface area contributed by atoms with Crippen LogP contribution < -0.4 is 5.32 Å². The van der Waals surface area contributed by atoms with Gasteiger partial charge in [-0.2, -0.15) is 0 Å². The summed E-state index contributed by atoms with van der Waals surface area (Å²) < 4.78 is 0. The molecule has 0 bridgehead atoms. The highest BCUT2D eigenvalue weighted by molar-refractivity contribution is 4.95. The van der Waals surface area contributed by atoms with Gasteiger partial charge in [0.05, 0.1) is 0 Å². The summed E-state index contributed by atoms with van der Waals surface area (Å²) in [5.41, 5.74) is 0.758. The van der Waals surface area contributed by atoms with Crippen LogP contribution in [0.25, 0.3) is 0 Å². The van der Waals surface area contributed by atoms with E-state index in [0.29, 0.717) is 0 Å². The van der Waals surface area contributed by atoms with E-state index in [4.69, 9.17) is 0 Å². The Kier molecular flexibility index (Phi) is 3.45. The molecule has 1 aliphatic heterocycles. The van der Waals surface area contributed by atoms with Crippen molar-refractivity contribution in [2.45, 2.75) is 57.4 Å². The SMILES string of the molecule is CNC1CCCC1CN1CCC2(CCCC2)C1. The summed E-state index contributed by atoms with van der Waals surface area (Å²) in [4.78, 5) is 2.78. The molecule has 17 heavy (non-hydrogen) atoms. The Bertz CT molecular complexity index is 258. The molecule has 0 aromatic rings. The van der Waals surface area contributed by atoms with E-state index >= 15 is 0 Å². The second-order valence-electron chi connectivity index (χ2n) is 6.78. The van der Waals surface area contributed by atoms with E-state index in [0.717, 1.165) is 17.4 Å². The Hall–Kier alpha value is -0.0800. The quantitative estimate of drug-likeness (QED) is 0.810. The van der Waals surface area contributed by atoms with Gasteiger partial charge in [0, 0.05) is 19.1 Å². The summed E-state index contributed by atoms with van der Waals surface area (Å²) in [6.07, 6.45) is 11.8. The van der Waals surface area contributed by atoms with Crippen molar-refractivity contribution in [3.05, 3.63) is 0 Å². The number of hydrogen-bond donors (Lipinski definition) is 1. The normalized spacial score (nSPS) is 37.2. The lowest BCUT2D eigenvalue weighted by Crippen LogP contribution is -2.37. The van der Waals surface area contributed by atoms with Gasteiger partial charge < -0.3 is 10.2 Å². The van der Waals surface area contributed by atoms with E-state index in [2.05, 4.69) is 17.3 Å².